The molecule has 0 bridgehead atoms. The summed E-state index contributed by atoms with van der Waals surface area (Å²) < 4.78 is 1.92. The normalized spacial score (nSPS) is 10.8. The second-order valence-corrected chi connectivity index (χ2v) is 4.46. The predicted molar refractivity (Wildman–Crippen MR) is 71.0 cm³/mol. The average Bonchev–Trinajstić information content (AvgIpc) is 2.69. The van der Waals surface area contributed by atoms with Crippen molar-refractivity contribution in [2.24, 2.45) is 12.8 Å². The van der Waals surface area contributed by atoms with Crippen LogP contribution in [0, 0.1) is 0 Å². The number of hydrogen-bond acceptors (Lipinski definition) is 2. The zero-order valence-electron chi connectivity index (χ0n) is 9.86. The number of halogens is 1. The van der Waals surface area contributed by atoms with Gasteiger partial charge >= 0.3 is 0 Å². The second-order valence-electron chi connectivity index (χ2n) is 4.03. The first-order valence-electron chi connectivity index (χ1n) is 5.69. The van der Waals surface area contributed by atoms with E-state index in [2.05, 4.69) is 5.10 Å². The highest BCUT2D eigenvalue weighted by atomic mass is 35.5. The quantitative estimate of drug-likeness (QED) is 0.905. The van der Waals surface area contributed by atoms with E-state index in [0.29, 0.717) is 6.54 Å². The number of nitrogens with two attached hydrogens (primary N) is 1. The van der Waals surface area contributed by atoms with Gasteiger partial charge in [0, 0.05) is 23.3 Å². The number of benzene rings is 1. The summed E-state index contributed by atoms with van der Waals surface area (Å²) in [5, 5.41) is 5.06. The van der Waals surface area contributed by atoms with E-state index in [1.807, 2.05) is 42.2 Å². The van der Waals surface area contributed by atoms with Crippen LogP contribution in [0.3, 0.4) is 0 Å². The molecule has 17 heavy (non-hydrogen) atoms. The highest BCUT2D eigenvalue weighted by Crippen LogP contribution is 2.25. The first-order valence-corrected chi connectivity index (χ1v) is 6.07. The highest BCUT2D eigenvalue weighted by molar-refractivity contribution is 6.30. The Labute approximate surface area is 106 Å². The minimum atomic E-state index is 0.700. The molecule has 90 valence electrons. The standard InChI is InChI=1S/C13H16ClN3/c1-17-13(3-2-8-15)12(9-16-17)10-4-6-11(14)7-5-10/h4-7,9H,2-3,8,15H2,1H3. The summed E-state index contributed by atoms with van der Waals surface area (Å²) in [4.78, 5) is 0. The van der Waals surface area contributed by atoms with Gasteiger partial charge in [0.1, 0.15) is 0 Å². The van der Waals surface area contributed by atoms with Crippen molar-refractivity contribution < 1.29 is 0 Å². The van der Waals surface area contributed by atoms with E-state index < -0.39 is 0 Å². The maximum Gasteiger partial charge on any atom is 0.0571 e. The molecule has 1 heterocycles. The topological polar surface area (TPSA) is 43.8 Å². The predicted octanol–water partition coefficient (Wildman–Crippen LogP) is 2.63. The van der Waals surface area contributed by atoms with Crippen molar-refractivity contribution in [3.05, 3.63) is 41.2 Å². The molecule has 0 fully saturated rings. The van der Waals surface area contributed by atoms with E-state index in [0.717, 1.165) is 29.0 Å². The minimum absolute atomic E-state index is 0.700. The maximum atomic E-state index is 5.89. The van der Waals surface area contributed by atoms with Crippen molar-refractivity contribution in [3.63, 3.8) is 0 Å². The van der Waals surface area contributed by atoms with Crippen LogP contribution in [0.1, 0.15) is 12.1 Å². The van der Waals surface area contributed by atoms with Crippen LogP contribution in [0.15, 0.2) is 30.5 Å². The first kappa shape index (κ1) is 12.1. The Balaban J connectivity index is 2.34. The lowest BCUT2D eigenvalue weighted by Gasteiger charge is -2.05. The van der Waals surface area contributed by atoms with Crippen molar-refractivity contribution in [2.75, 3.05) is 6.54 Å². The van der Waals surface area contributed by atoms with E-state index in [1.54, 1.807) is 0 Å². The van der Waals surface area contributed by atoms with Gasteiger partial charge in [0.05, 0.1) is 6.20 Å². The fourth-order valence-electron chi connectivity index (χ4n) is 1.90. The molecule has 0 aliphatic heterocycles. The van der Waals surface area contributed by atoms with Gasteiger partial charge in [0.2, 0.25) is 0 Å². The van der Waals surface area contributed by atoms with E-state index in [-0.39, 0.29) is 0 Å². The monoisotopic (exact) mass is 249 g/mol. The van der Waals surface area contributed by atoms with Crippen molar-refractivity contribution in [1.82, 2.24) is 9.78 Å². The fourth-order valence-corrected chi connectivity index (χ4v) is 2.03. The van der Waals surface area contributed by atoms with Gasteiger partial charge in [-0.2, -0.15) is 5.10 Å². The molecule has 0 spiro atoms. The maximum absolute atomic E-state index is 5.89. The van der Waals surface area contributed by atoms with Crippen molar-refractivity contribution in [1.29, 1.82) is 0 Å². The molecule has 2 rings (SSSR count). The van der Waals surface area contributed by atoms with E-state index in [9.17, 15) is 0 Å². The third-order valence-electron chi connectivity index (χ3n) is 2.83. The number of hydrogen-bond donors (Lipinski definition) is 1. The molecule has 2 aromatic rings. The lowest BCUT2D eigenvalue weighted by molar-refractivity contribution is 0.687. The smallest absolute Gasteiger partial charge is 0.0571 e. The molecule has 0 saturated carbocycles. The van der Waals surface area contributed by atoms with Crippen LogP contribution >= 0.6 is 11.6 Å². The molecule has 1 aromatic heterocycles. The average molecular weight is 250 g/mol. The van der Waals surface area contributed by atoms with Crippen molar-refractivity contribution in [3.8, 4) is 11.1 Å². The van der Waals surface area contributed by atoms with Crippen LogP contribution in [-0.2, 0) is 13.5 Å². The summed E-state index contributed by atoms with van der Waals surface area (Å²) >= 11 is 5.89. The van der Waals surface area contributed by atoms with Crippen molar-refractivity contribution >= 4 is 11.6 Å². The molecule has 4 heteroatoms. The van der Waals surface area contributed by atoms with Gasteiger partial charge in [-0.1, -0.05) is 23.7 Å². The Morgan fingerprint density at radius 3 is 2.65 bits per heavy atom. The molecule has 0 aliphatic carbocycles. The third-order valence-corrected chi connectivity index (χ3v) is 3.09. The first-order chi connectivity index (χ1) is 8.22. The van der Waals surface area contributed by atoms with Gasteiger partial charge in [-0.15, -0.1) is 0 Å². The van der Waals surface area contributed by atoms with Crippen LogP contribution < -0.4 is 5.73 Å². The second kappa shape index (κ2) is 5.34. The molecule has 0 radical (unpaired) electrons. The zero-order valence-corrected chi connectivity index (χ0v) is 10.6. The molecule has 0 saturated heterocycles. The summed E-state index contributed by atoms with van der Waals surface area (Å²) in [7, 11) is 1.96. The lowest BCUT2D eigenvalue weighted by atomic mass is 10.0. The number of rotatable bonds is 4. The Kier molecular flexibility index (Phi) is 3.82. The third kappa shape index (κ3) is 2.68. The molecule has 0 amide bonds. The summed E-state index contributed by atoms with van der Waals surface area (Å²) in [6.45, 7) is 0.700. The summed E-state index contributed by atoms with van der Waals surface area (Å²) in [6, 6.07) is 7.84. The Morgan fingerprint density at radius 2 is 2.00 bits per heavy atom. The highest BCUT2D eigenvalue weighted by Gasteiger charge is 2.09. The minimum Gasteiger partial charge on any atom is -0.330 e. The Morgan fingerprint density at radius 1 is 1.29 bits per heavy atom. The molecule has 0 unspecified atom stereocenters. The largest absolute Gasteiger partial charge is 0.330 e. The molecule has 0 aliphatic rings. The number of aryl methyl sites for hydroxylation is 1. The fraction of sp³-hybridized carbons (Fsp3) is 0.308. The van der Waals surface area contributed by atoms with Crippen LogP contribution in [0.5, 0.6) is 0 Å². The van der Waals surface area contributed by atoms with Crippen LogP contribution in [0.25, 0.3) is 11.1 Å². The van der Waals surface area contributed by atoms with E-state index >= 15 is 0 Å². The van der Waals surface area contributed by atoms with Gasteiger partial charge in [-0.3, -0.25) is 4.68 Å². The lowest BCUT2D eigenvalue weighted by Crippen LogP contribution is -2.05. The molecular formula is C13H16ClN3. The summed E-state index contributed by atoms with van der Waals surface area (Å²) in [6.07, 6.45) is 3.82. The van der Waals surface area contributed by atoms with Gasteiger partial charge in [-0.05, 0) is 37.1 Å². The number of nitrogens with zero attached hydrogens (tertiary/aromatic N) is 2. The van der Waals surface area contributed by atoms with E-state index in [4.69, 9.17) is 17.3 Å². The van der Waals surface area contributed by atoms with Gasteiger partial charge in [-0.25, -0.2) is 0 Å². The van der Waals surface area contributed by atoms with Crippen LogP contribution in [-0.4, -0.2) is 16.3 Å². The number of aromatic nitrogens is 2. The Bertz CT molecular complexity index is 488. The van der Waals surface area contributed by atoms with Gasteiger partial charge < -0.3 is 5.73 Å². The zero-order chi connectivity index (χ0) is 12.3. The van der Waals surface area contributed by atoms with Gasteiger partial charge in [0.25, 0.3) is 0 Å². The van der Waals surface area contributed by atoms with E-state index in [1.165, 1.54) is 5.69 Å². The SMILES string of the molecule is Cn1ncc(-c2ccc(Cl)cc2)c1CCCN. The van der Waals surface area contributed by atoms with Crippen molar-refractivity contribution in [2.45, 2.75) is 12.8 Å². The molecule has 2 N–H and O–H groups in total. The molecule has 1 aromatic carbocycles. The van der Waals surface area contributed by atoms with Gasteiger partial charge in [0.15, 0.2) is 0 Å². The molecule has 3 nitrogen and oxygen atoms in total. The van der Waals surface area contributed by atoms with Crippen LogP contribution in [0.4, 0.5) is 0 Å². The molecular weight excluding hydrogens is 234 g/mol. The Hall–Kier alpha value is -1.32. The summed E-state index contributed by atoms with van der Waals surface area (Å²) in [5.74, 6) is 0. The molecule has 0 atom stereocenters. The van der Waals surface area contributed by atoms with Crippen LogP contribution in [0.2, 0.25) is 5.02 Å². The summed E-state index contributed by atoms with van der Waals surface area (Å²) in [5.41, 5.74) is 9.09.